The highest BCUT2D eigenvalue weighted by Crippen LogP contribution is 2.20. The van der Waals surface area contributed by atoms with Crippen LogP contribution in [0.1, 0.15) is 34.7 Å². The van der Waals surface area contributed by atoms with Crippen molar-refractivity contribution in [2.45, 2.75) is 38.5 Å². The number of hydrogen-bond acceptors (Lipinski definition) is 9. The average Bonchev–Trinajstić information content (AvgIpc) is 3.40. The van der Waals surface area contributed by atoms with Crippen molar-refractivity contribution >= 4 is 34.1 Å². The number of fused-ring (bicyclic) bond motifs is 13. The molecule has 0 saturated carbocycles. The van der Waals surface area contributed by atoms with E-state index in [0.29, 0.717) is 35.7 Å². The van der Waals surface area contributed by atoms with Gasteiger partial charge < -0.3 is 20.1 Å². The summed E-state index contributed by atoms with van der Waals surface area (Å²) >= 11 is 1.38. The molecule has 41 heavy (non-hydrogen) atoms. The fourth-order valence-electron chi connectivity index (χ4n) is 4.18. The van der Waals surface area contributed by atoms with Crippen molar-refractivity contribution < 1.29 is 19.1 Å². The van der Waals surface area contributed by atoms with E-state index in [4.69, 9.17) is 9.47 Å². The van der Waals surface area contributed by atoms with E-state index in [9.17, 15) is 9.59 Å². The van der Waals surface area contributed by atoms with Gasteiger partial charge in [0.1, 0.15) is 29.7 Å². The number of hydrogen-bond donors (Lipinski definition) is 2. The molecule has 2 aromatic heterocycles. The van der Waals surface area contributed by atoms with E-state index in [2.05, 4.69) is 31.0 Å². The van der Waals surface area contributed by atoms with Crippen LogP contribution in [0.15, 0.2) is 72.8 Å². The number of nitrogens with one attached hydrogen (secondary N) is 2. The first-order chi connectivity index (χ1) is 20.1. The van der Waals surface area contributed by atoms with Crippen molar-refractivity contribution in [2.75, 3.05) is 23.8 Å². The molecule has 0 atom stereocenters. The smallest absolute Gasteiger partial charge is 0.230 e. The molecule has 2 amide bonds. The highest BCUT2D eigenvalue weighted by atomic mass is 32.1. The van der Waals surface area contributed by atoms with Crippen LogP contribution in [0.4, 0.5) is 10.9 Å². The molecular weight excluding hydrogens is 540 g/mol. The van der Waals surface area contributed by atoms with Crippen LogP contribution in [0.5, 0.6) is 11.5 Å². The summed E-state index contributed by atoms with van der Waals surface area (Å²) in [5, 5.41) is 23.7. The van der Waals surface area contributed by atoms with Crippen molar-refractivity contribution in [3.8, 4) is 11.5 Å². The molecule has 0 unspecified atom stereocenters. The molecule has 10 nitrogen and oxygen atoms in total. The quantitative estimate of drug-likeness (QED) is 0.294. The fourth-order valence-corrected chi connectivity index (χ4v) is 4.98. The molecule has 0 fully saturated rings. The van der Waals surface area contributed by atoms with Crippen LogP contribution >= 0.6 is 11.3 Å². The van der Waals surface area contributed by atoms with Gasteiger partial charge in [0.15, 0.2) is 5.82 Å². The Labute approximate surface area is 241 Å². The Hall–Kier alpha value is -4.64. The summed E-state index contributed by atoms with van der Waals surface area (Å²) in [6.45, 7) is 0.713. The Balaban J connectivity index is 1.25. The van der Waals surface area contributed by atoms with Crippen LogP contribution in [0.25, 0.3) is 0 Å². The molecule has 2 aliphatic heterocycles. The molecule has 4 aromatic rings. The molecule has 0 spiro atoms. The van der Waals surface area contributed by atoms with Gasteiger partial charge in [-0.3, -0.25) is 9.59 Å². The topological polar surface area (TPSA) is 128 Å². The molecule has 8 bridgehead atoms. The van der Waals surface area contributed by atoms with Gasteiger partial charge in [-0.05, 0) is 78.9 Å². The third-order valence-corrected chi connectivity index (χ3v) is 7.06. The second kappa shape index (κ2) is 14.1. The molecule has 2 aromatic carbocycles. The van der Waals surface area contributed by atoms with E-state index in [1.165, 1.54) is 11.3 Å². The summed E-state index contributed by atoms with van der Waals surface area (Å²) in [6.07, 6.45) is 7.44. The van der Waals surface area contributed by atoms with Crippen molar-refractivity contribution in [1.29, 1.82) is 0 Å². The number of carbonyl (C=O) groups is 2. The Bertz CT molecular complexity index is 1500. The van der Waals surface area contributed by atoms with Gasteiger partial charge in [0.05, 0.1) is 18.5 Å². The zero-order valence-corrected chi connectivity index (χ0v) is 23.2. The molecular formula is C30H30N6O4S. The lowest BCUT2D eigenvalue weighted by atomic mass is 10.1. The van der Waals surface area contributed by atoms with Gasteiger partial charge >= 0.3 is 0 Å². The van der Waals surface area contributed by atoms with Crippen LogP contribution in [0.3, 0.4) is 0 Å². The zero-order chi connectivity index (χ0) is 28.3. The lowest BCUT2D eigenvalue weighted by Crippen LogP contribution is -2.16. The van der Waals surface area contributed by atoms with E-state index < -0.39 is 0 Å². The monoisotopic (exact) mass is 570 g/mol. The molecule has 4 heterocycles. The highest BCUT2D eigenvalue weighted by molar-refractivity contribution is 7.15. The Morgan fingerprint density at radius 2 is 1.34 bits per heavy atom. The van der Waals surface area contributed by atoms with E-state index in [0.717, 1.165) is 47.5 Å². The van der Waals surface area contributed by atoms with Gasteiger partial charge in [0.25, 0.3) is 0 Å². The predicted molar refractivity (Wildman–Crippen MR) is 156 cm³/mol. The van der Waals surface area contributed by atoms with Crippen LogP contribution in [-0.4, -0.2) is 45.4 Å². The van der Waals surface area contributed by atoms with Crippen LogP contribution in [0.2, 0.25) is 0 Å². The van der Waals surface area contributed by atoms with Gasteiger partial charge in [0, 0.05) is 6.42 Å². The molecule has 210 valence electrons. The van der Waals surface area contributed by atoms with Crippen LogP contribution in [-0.2, 0) is 35.3 Å². The van der Waals surface area contributed by atoms with E-state index in [-0.39, 0.29) is 24.7 Å². The number of nitrogens with zero attached hydrogens (tertiary/aromatic N) is 4. The summed E-state index contributed by atoms with van der Waals surface area (Å²) in [7, 11) is 0. The number of aromatic nitrogens is 4. The fraction of sp³-hybridized carbons (Fsp3) is 0.267. The second-order valence-corrected chi connectivity index (χ2v) is 10.5. The first-order valence-corrected chi connectivity index (χ1v) is 14.2. The maximum absolute atomic E-state index is 12.6. The van der Waals surface area contributed by atoms with Crippen molar-refractivity contribution in [3.63, 3.8) is 0 Å². The van der Waals surface area contributed by atoms with Crippen molar-refractivity contribution in [3.05, 3.63) is 94.6 Å². The molecule has 11 heteroatoms. The Morgan fingerprint density at radius 1 is 0.683 bits per heavy atom. The summed E-state index contributed by atoms with van der Waals surface area (Å²) in [4.78, 5) is 25.1. The minimum absolute atomic E-state index is 0.159. The number of anilines is 2. The predicted octanol–water partition coefficient (Wildman–Crippen LogP) is 4.58. The Kier molecular flexibility index (Phi) is 9.62. The van der Waals surface area contributed by atoms with Crippen LogP contribution in [0, 0.1) is 0 Å². The van der Waals surface area contributed by atoms with Gasteiger partial charge in [-0.25, -0.2) is 0 Å². The van der Waals surface area contributed by atoms with Crippen molar-refractivity contribution in [2.24, 2.45) is 0 Å². The van der Waals surface area contributed by atoms with Crippen LogP contribution < -0.4 is 20.1 Å². The van der Waals surface area contributed by atoms with Crippen molar-refractivity contribution in [1.82, 2.24) is 20.4 Å². The first-order valence-electron chi connectivity index (χ1n) is 13.4. The Morgan fingerprint density at radius 3 is 2.00 bits per heavy atom. The summed E-state index contributed by atoms with van der Waals surface area (Å²) < 4.78 is 11.6. The number of amides is 2. The maximum atomic E-state index is 12.6. The van der Waals surface area contributed by atoms with E-state index >= 15 is 0 Å². The normalized spacial score (nSPS) is 16.1. The van der Waals surface area contributed by atoms with Gasteiger partial charge in [-0.2, -0.15) is 5.10 Å². The van der Waals surface area contributed by atoms with Gasteiger partial charge in [0.2, 0.25) is 16.9 Å². The molecule has 2 N–H and O–H groups in total. The summed E-state index contributed by atoms with van der Waals surface area (Å²) in [5.41, 5.74) is 2.52. The maximum Gasteiger partial charge on any atom is 0.230 e. The summed E-state index contributed by atoms with van der Waals surface area (Å²) in [6, 6.07) is 18.5. The minimum atomic E-state index is -0.179. The lowest BCUT2D eigenvalue weighted by molar-refractivity contribution is -0.116. The molecule has 2 aliphatic rings. The largest absolute Gasteiger partial charge is 0.490 e. The number of ether oxygens (including phenoxy) is 2. The third kappa shape index (κ3) is 8.94. The molecule has 6 rings (SSSR count). The first kappa shape index (κ1) is 27.9. The second-order valence-electron chi connectivity index (χ2n) is 9.46. The number of aryl methyl sites for hydroxylation is 2. The van der Waals surface area contributed by atoms with E-state index in [1.807, 2.05) is 66.7 Å². The summed E-state index contributed by atoms with van der Waals surface area (Å²) in [5.74, 6) is 1.42. The lowest BCUT2D eigenvalue weighted by Gasteiger charge is -2.08. The minimum Gasteiger partial charge on any atom is -0.490 e. The molecule has 0 saturated heterocycles. The average molecular weight is 571 g/mol. The van der Waals surface area contributed by atoms with E-state index in [1.54, 1.807) is 6.07 Å². The third-order valence-electron chi connectivity index (χ3n) is 6.16. The molecule has 0 radical (unpaired) electrons. The SMILES string of the molecule is O=C1Cc2cccc(c2)OC/C=C/COc2cccc(c2)CC(=O)Nc2nnc(s2)CCCCc2ccc(nn2)N1. The zero-order valence-electron chi connectivity index (χ0n) is 22.4. The molecule has 0 aliphatic carbocycles. The van der Waals surface area contributed by atoms with Gasteiger partial charge in [-0.15, -0.1) is 15.3 Å². The standard InChI is InChI=1S/C30H30N6O4S/c37-27-19-21-7-5-10-24(17-21)39-15-3-4-16-40-25-11-6-8-22(18-25)20-28(38)32-30-36-35-29(41-30)12-2-1-9-23-13-14-26(31-27)34-33-23/h3-8,10-11,13-14,17-18H,1-2,9,12,15-16,19-20H2,(H,31,34,37)(H,32,36,38)/b4-3+. The number of benzene rings is 2. The number of carbonyl (C=O) groups excluding carboxylic acids is 2. The van der Waals surface area contributed by atoms with Gasteiger partial charge in [-0.1, -0.05) is 35.6 Å². The highest BCUT2D eigenvalue weighted by Gasteiger charge is 2.11. The number of rotatable bonds is 0.